The lowest BCUT2D eigenvalue weighted by Gasteiger charge is -2.18. The van der Waals surface area contributed by atoms with Crippen molar-refractivity contribution in [3.63, 3.8) is 0 Å². The molecule has 0 aliphatic carbocycles. The van der Waals surface area contributed by atoms with Gasteiger partial charge in [0.15, 0.2) is 5.25 Å². The Hall–Kier alpha value is -3.28. The number of nitrogen functional groups attached to an aromatic ring is 1. The van der Waals surface area contributed by atoms with Gasteiger partial charge in [-0.25, -0.2) is 4.98 Å². The molecule has 0 fully saturated rings. The first-order chi connectivity index (χ1) is 14.5. The molecule has 0 aliphatic rings. The molecular formula is C19H12ClF3N4O3S. The molecule has 1 aromatic heterocycles. The molecule has 0 radical (unpaired) electrons. The molecule has 0 amide bonds. The molecule has 0 spiro atoms. The summed E-state index contributed by atoms with van der Waals surface area (Å²) in [7, 11) is 0. The smallest absolute Gasteiger partial charge is 0.451 e. The zero-order chi connectivity index (χ0) is 23.3. The number of pyridine rings is 1. The topological polar surface area (TPSA) is 130 Å². The molecule has 2 aromatic rings. The van der Waals surface area contributed by atoms with E-state index < -0.39 is 34.0 Å². The number of halogens is 4. The Morgan fingerprint density at radius 3 is 2.29 bits per heavy atom. The van der Waals surface area contributed by atoms with Gasteiger partial charge in [0.2, 0.25) is 0 Å². The molecule has 0 aliphatic heterocycles. The maximum absolute atomic E-state index is 13.0. The molecule has 1 atom stereocenters. The van der Waals surface area contributed by atoms with Crippen molar-refractivity contribution < 1.29 is 27.5 Å². The van der Waals surface area contributed by atoms with Crippen molar-refractivity contribution in [2.75, 3.05) is 12.3 Å². The van der Waals surface area contributed by atoms with E-state index in [0.717, 1.165) is 0 Å². The van der Waals surface area contributed by atoms with Gasteiger partial charge in [0, 0.05) is 10.6 Å². The second-order valence-corrected chi connectivity index (χ2v) is 7.30. The summed E-state index contributed by atoms with van der Waals surface area (Å²) in [6, 6.07) is 9.45. The Bertz CT molecular complexity index is 1110. The van der Waals surface area contributed by atoms with E-state index in [2.05, 4.69) is 9.72 Å². The van der Waals surface area contributed by atoms with Gasteiger partial charge in [-0.2, -0.15) is 23.7 Å². The molecule has 1 heterocycles. The monoisotopic (exact) mass is 468 g/mol. The second-order valence-electron chi connectivity index (χ2n) is 5.77. The molecule has 31 heavy (non-hydrogen) atoms. The van der Waals surface area contributed by atoms with Crippen molar-refractivity contribution in [3.05, 3.63) is 40.4 Å². The van der Waals surface area contributed by atoms with E-state index in [9.17, 15) is 33.3 Å². The van der Waals surface area contributed by atoms with Crippen LogP contribution in [0.1, 0.15) is 18.1 Å². The van der Waals surface area contributed by atoms with Gasteiger partial charge in [-0.05, 0) is 24.6 Å². The lowest BCUT2D eigenvalue weighted by molar-refractivity contribution is -0.173. The van der Waals surface area contributed by atoms with Crippen LogP contribution in [0.2, 0.25) is 5.02 Å². The molecule has 0 bridgehead atoms. The summed E-state index contributed by atoms with van der Waals surface area (Å²) in [6.07, 6.45) is -5.34. The van der Waals surface area contributed by atoms with Crippen LogP contribution in [-0.2, 0) is 14.3 Å². The zero-order valence-corrected chi connectivity index (χ0v) is 17.2. The average Bonchev–Trinajstić information content (AvgIpc) is 2.71. The highest BCUT2D eigenvalue weighted by Gasteiger charge is 2.48. The number of carbonyl (C=O) groups excluding carboxylic acids is 2. The normalized spacial score (nSPS) is 11.8. The van der Waals surface area contributed by atoms with Gasteiger partial charge in [-0.1, -0.05) is 35.5 Å². The Morgan fingerprint density at radius 2 is 1.81 bits per heavy atom. The predicted octanol–water partition coefficient (Wildman–Crippen LogP) is 3.88. The first-order valence-electron chi connectivity index (χ1n) is 8.39. The number of thioether (sulfide) groups is 1. The van der Waals surface area contributed by atoms with Crippen LogP contribution < -0.4 is 5.73 Å². The van der Waals surface area contributed by atoms with Gasteiger partial charge in [0.25, 0.3) is 5.78 Å². The third-order valence-corrected chi connectivity index (χ3v) is 5.21. The fraction of sp³-hybridized carbons (Fsp3) is 0.211. The van der Waals surface area contributed by atoms with Crippen molar-refractivity contribution in [3.8, 4) is 23.3 Å². The van der Waals surface area contributed by atoms with Crippen molar-refractivity contribution in [2.24, 2.45) is 0 Å². The Labute approximate surface area is 183 Å². The number of anilines is 1. The van der Waals surface area contributed by atoms with Crippen LogP contribution in [0.5, 0.6) is 0 Å². The van der Waals surface area contributed by atoms with Crippen LogP contribution in [0.4, 0.5) is 19.0 Å². The molecule has 160 valence electrons. The summed E-state index contributed by atoms with van der Waals surface area (Å²) in [5.74, 6) is -4.22. The van der Waals surface area contributed by atoms with E-state index in [1.54, 1.807) is 12.1 Å². The summed E-state index contributed by atoms with van der Waals surface area (Å²) in [5.41, 5.74) is 5.56. The van der Waals surface area contributed by atoms with E-state index in [1.165, 1.54) is 31.2 Å². The largest absolute Gasteiger partial charge is 0.465 e. The number of ether oxygens (including phenoxy) is 1. The number of esters is 1. The summed E-state index contributed by atoms with van der Waals surface area (Å²) in [5, 5.41) is 16.7. The number of carbonyl (C=O) groups is 2. The fourth-order valence-corrected chi connectivity index (χ4v) is 3.65. The summed E-state index contributed by atoms with van der Waals surface area (Å²) in [6.45, 7) is 1.08. The van der Waals surface area contributed by atoms with Crippen LogP contribution in [-0.4, -0.2) is 34.8 Å². The van der Waals surface area contributed by atoms with E-state index in [-0.39, 0.29) is 35.1 Å². The first-order valence-corrected chi connectivity index (χ1v) is 9.64. The Balaban J connectivity index is 2.71. The minimum absolute atomic E-state index is 0.0151. The van der Waals surface area contributed by atoms with E-state index in [1.807, 2.05) is 0 Å². The number of ketones is 1. The van der Waals surface area contributed by atoms with Gasteiger partial charge in [0.1, 0.15) is 28.5 Å². The number of rotatable bonds is 6. The third-order valence-electron chi connectivity index (χ3n) is 3.80. The average molecular weight is 469 g/mol. The molecule has 1 aromatic carbocycles. The number of hydrogen-bond donors (Lipinski definition) is 1. The lowest BCUT2D eigenvalue weighted by Crippen LogP contribution is -2.38. The van der Waals surface area contributed by atoms with Crippen LogP contribution in [0.25, 0.3) is 11.1 Å². The van der Waals surface area contributed by atoms with Crippen molar-refractivity contribution >= 4 is 40.9 Å². The summed E-state index contributed by atoms with van der Waals surface area (Å²) >= 11 is 5.93. The molecule has 0 saturated heterocycles. The molecular weight excluding hydrogens is 457 g/mol. The van der Waals surface area contributed by atoms with Crippen LogP contribution in [0, 0.1) is 22.7 Å². The van der Waals surface area contributed by atoms with Crippen molar-refractivity contribution in [2.45, 2.75) is 23.4 Å². The van der Waals surface area contributed by atoms with Gasteiger partial charge in [0.05, 0.1) is 12.2 Å². The molecule has 2 N–H and O–H groups in total. The number of Topliss-reactive ketones (excluding diaryl/α,β-unsaturated/α-hetero) is 1. The zero-order valence-electron chi connectivity index (χ0n) is 15.7. The lowest BCUT2D eigenvalue weighted by atomic mass is 9.97. The maximum Gasteiger partial charge on any atom is 0.451 e. The number of aromatic nitrogens is 1. The number of nitrogens with zero attached hydrogens (tertiary/aromatic N) is 3. The fourth-order valence-electron chi connectivity index (χ4n) is 2.48. The van der Waals surface area contributed by atoms with Gasteiger partial charge < -0.3 is 10.5 Å². The highest BCUT2D eigenvalue weighted by molar-refractivity contribution is 8.01. The Morgan fingerprint density at radius 1 is 1.23 bits per heavy atom. The summed E-state index contributed by atoms with van der Waals surface area (Å²) in [4.78, 5) is 27.7. The highest BCUT2D eigenvalue weighted by atomic mass is 35.5. The number of alkyl halides is 3. The SMILES string of the molecule is CCOC(=O)C(Sc1nc(N)c(C#N)c(-c2ccc(Cl)cc2)c1C#N)C(=O)C(F)(F)F. The minimum atomic E-state index is -5.34. The molecule has 2 rings (SSSR count). The first kappa shape index (κ1) is 24.0. The van der Waals surface area contributed by atoms with Crippen LogP contribution in [0.3, 0.4) is 0 Å². The third kappa shape index (κ3) is 5.26. The van der Waals surface area contributed by atoms with Gasteiger partial charge >= 0.3 is 12.1 Å². The molecule has 12 heteroatoms. The van der Waals surface area contributed by atoms with Gasteiger partial charge in [-0.3, -0.25) is 9.59 Å². The molecule has 7 nitrogen and oxygen atoms in total. The standard InChI is InChI=1S/C19H12ClF3N4O3S/c1-2-30-18(29)14(15(28)19(21,22)23)31-17-12(8-25)13(11(7-24)16(26)27-17)9-3-5-10(20)6-4-9/h3-6,14H,2H2,1H3,(H2,26,27). The minimum Gasteiger partial charge on any atom is -0.465 e. The molecule has 0 saturated carbocycles. The van der Waals surface area contributed by atoms with E-state index in [4.69, 9.17) is 17.3 Å². The van der Waals surface area contributed by atoms with Gasteiger partial charge in [-0.15, -0.1) is 0 Å². The predicted molar refractivity (Wildman–Crippen MR) is 106 cm³/mol. The number of hydrogen-bond acceptors (Lipinski definition) is 8. The van der Waals surface area contributed by atoms with Crippen molar-refractivity contribution in [1.29, 1.82) is 10.5 Å². The van der Waals surface area contributed by atoms with E-state index >= 15 is 0 Å². The Kier molecular flexibility index (Phi) is 7.50. The number of benzene rings is 1. The highest BCUT2D eigenvalue weighted by Crippen LogP contribution is 2.38. The van der Waals surface area contributed by atoms with E-state index in [0.29, 0.717) is 10.6 Å². The van der Waals surface area contributed by atoms with Crippen molar-refractivity contribution in [1.82, 2.24) is 4.98 Å². The summed E-state index contributed by atoms with van der Waals surface area (Å²) < 4.78 is 43.7. The maximum atomic E-state index is 13.0. The quantitative estimate of drug-likeness (QED) is 0.384. The van der Waals surface area contributed by atoms with Crippen LogP contribution >= 0.6 is 23.4 Å². The second kappa shape index (κ2) is 9.69. The molecule has 1 unspecified atom stereocenters. The number of nitrogens with two attached hydrogens (primary N) is 1. The number of nitriles is 2. The van der Waals surface area contributed by atoms with Crippen LogP contribution in [0.15, 0.2) is 29.3 Å².